The molecule has 0 radical (unpaired) electrons. The molecule has 17 heavy (non-hydrogen) atoms. The molecule has 90 valence electrons. The first kappa shape index (κ1) is 10.8. The van der Waals surface area contributed by atoms with Gasteiger partial charge in [0.1, 0.15) is 0 Å². The van der Waals surface area contributed by atoms with Gasteiger partial charge in [-0.05, 0) is 56.2 Å². The Morgan fingerprint density at radius 3 is 2.65 bits per heavy atom. The lowest BCUT2D eigenvalue weighted by Crippen LogP contribution is -2.20. The number of aliphatic hydroxyl groups excluding tert-OH is 1. The summed E-state index contributed by atoms with van der Waals surface area (Å²) in [6.07, 6.45) is 6.20. The summed E-state index contributed by atoms with van der Waals surface area (Å²) >= 11 is 0. The first-order valence-corrected chi connectivity index (χ1v) is 6.49. The van der Waals surface area contributed by atoms with E-state index in [1.165, 1.54) is 16.5 Å². The van der Waals surface area contributed by atoms with Gasteiger partial charge in [-0.25, -0.2) is 0 Å². The molecule has 0 saturated heterocycles. The van der Waals surface area contributed by atoms with Crippen LogP contribution in [0.15, 0.2) is 30.5 Å². The fraction of sp³-hybridized carbons (Fsp3) is 0.467. The lowest BCUT2D eigenvalue weighted by molar-refractivity contribution is 0.111. The van der Waals surface area contributed by atoms with E-state index in [9.17, 15) is 5.11 Å². The van der Waals surface area contributed by atoms with Crippen molar-refractivity contribution in [2.24, 2.45) is 0 Å². The third-order valence-corrected chi connectivity index (χ3v) is 3.94. The molecule has 1 aromatic heterocycles. The van der Waals surface area contributed by atoms with Crippen LogP contribution in [0, 0.1) is 6.92 Å². The van der Waals surface area contributed by atoms with Gasteiger partial charge < -0.3 is 9.67 Å². The molecule has 0 unspecified atom stereocenters. The number of hydrogen-bond acceptors (Lipinski definition) is 1. The minimum atomic E-state index is -0.0738. The van der Waals surface area contributed by atoms with Gasteiger partial charge in [-0.1, -0.05) is 11.6 Å². The van der Waals surface area contributed by atoms with Crippen LogP contribution in [-0.4, -0.2) is 15.8 Å². The van der Waals surface area contributed by atoms with Gasteiger partial charge in [-0.15, -0.1) is 0 Å². The monoisotopic (exact) mass is 229 g/mol. The molecule has 1 heterocycles. The van der Waals surface area contributed by atoms with Crippen molar-refractivity contribution < 1.29 is 5.11 Å². The van der Waals surface area contributed by atoms with Gasteiger partial charge >= 0.3 is 0 Å². The average Bonchev–Trinajstić information content (AvgIpc) is 2.73. The van der Waals surface area contributed by atoms with Crippen LogP contribution in [-0.2, 0) is 0 Å². The largest absolute Gasteiger partial charge is 0.393 e. The van der Waals surface area contributed by atoms with Crippen LogP contribution in [0.2, 0.25) is 0 Å². The maximum absolute atomic E-state index is 9.56. The third kappa shape index (κ3) is 1.98. The third-order valence-electron chi connectivity index (χ3n) is 3.94. The van der Waals surface area contributed by atoms with E-state index < -0.39 is 0 Å². The van der Waals surface area contributed by atoms with Crippen molar-refractivity contribution in [2.45, 2.75) is 44.8 Å². The van der Waals surface area contributed by atoms with Crippen LogP contribution in [0.25, 0.3) is 10.9 Å². The summed E-state index contributed by atoms with van der Waals surface area (Å²) < 4.78 is 2.39. The molecule has 1 saturated carbocycles. The zero-order valence-corrected chi connectivity index (χ0v) is 10.3. The number of nitrogens with zero attached hydrogens (tertiary/aromatic N) is 1. The van der Waals surface area contributed by atoms with Gasteiger partial charge in [0, 0.05) is 17.8 Å². The van der Waals surface area contributed by atoms with E-state index in [4.69, 9.17) is 0 Å². The van der Waals surface area contributed by atoms with E-state index in [0.29, 0.717) is 6.04 Å². The van der Waals surface area contributed by atoms with Crippen LogP contribution in [0.3, 0.4) is 0 Å². The van der Waals surface area contributed by atoms with Crippen molar-refractivity contribution >= 4 is 10.9 Å². The molecule has 1 N–H and O–H groups in total. The molecule has 2 heteroatoms. The van der Waals surface area contributed by atoms with Crippen molar-refractivity contribution in [3.05, 3.63) is 36.0 Å². The highest BCUT2D eigenvalue weighted by molar-refractivity contribution is 5.81. The quantitative estimate of drug-likeness (QED) is 0.796. The molecule has 0 amide bonds. The zero-order chi connectivity index (χ0) is 11.8. The Hall–Kier alpha value is -1.28. The Morgan fingerprint density at radius 2 is 1.88 bits per heavy atom. The Kier molecular flexibility index (Phi) is 2.67. The Morgan fingerprint density at radius 1 is 1.12 bits per heavy atom. The highest BCUT2D eigenvalue weighted by Gasteiger charge is 2.21. The number of fused-ring (bicyclic) bond motifs is 1. The smallest absolute Gasteiger partial charge is 0.0541 e. The normalized spacial score (nSPS) is 25.3. The van der Waals surface area contributed by atoms with Gasteiger partial charge in [0.15, 0.2) is 0 Å². The van der Waals surface area contributed by atoms with Crippen molar-refractivity contribution in [1.29, 1.82) is 0 Å². The van der Waals surface area contributed by atoms with Crippen molar-refractivity contribution in [3.63, 3.8) is 0 Å². The number of aryl methyl sites for hydroxylation is 1. The average molecular weight is 229 g/mol. The summed E-state index contributed by atoms with van der Waals surface area (Å²) in [5.74, 6) is 0. The summed E-state index contributed by atoms with van der Waals surface area (Å²) in [6, 6.07) is 9.40. The van der Waals surface area contributed by atoms with Crippen LogP contribution < -0.4 is 0 Å². The van der Waals surface area contributed by atoms with Crippen LogP contribution in [0.1, 0.15) is 37.3 Å². The van der Waals surface area contributed by atoms with Gasteiger partial charge in [-0.3, -0.25) is 0 Å². The summed E-state index contributed by atoms with van der Waals surface area (Å²) in [7, 11) is 0. The van der Waals surface area contributed by atoms with E-state index in [1.807, 2.05) is 0 Å². The maximum atomic E-state index is 9.56. The molecule has 1 aromatic carbocycles. The van der Waals surface area contributed by atoms with E-state index >= 15 is 0 Å². The standard InChI is InChI=1S/C15H19NO/c1-11-2-7-15-12(10-11)8-9-16(15)13-3-5-14(17)6-4-13/h2,7-10,13-14,17H,3-6H2,1H3. The van der Waals surface area contributed by atoms with Crippen LogP contribution in [0.4, 0.5) is 0 Å². The van der Waals surface area contributed by atoms with E-state index in [-0.39, 0.29) is 6.10 Å². The first-order valence-electron chi connectivity index (χ1n) is 6.49. The molecule has 0 bridgehead atoms. The topological polar surface area (TPSA) is 25.2 Å². The fourth-order valence-corrected chi connectivity index (χ4v) is 2.94. The van der Waals surface area contributed by atoms with Gasteiger partial charge in [0.05, 0.1) is 6.10 Å². The number of aliphatic hydroxyl groups is 1. The predicted octanol–water partition coefficient (Wildman–Crippen LogP) is 3.43. The molecule has 0 spiro atoms. The van der Waals surface area contributed by atoms with Crippen molar-refractivity contribution in [2.75, 3.05) is 0 Å². The summed E-state index contributed by atoms with van der Waals surface area (Å²) in [4.78, 5) is 0. The summed E-state index contributed by atoms with van der Waals surface area (Å²) in [6.45, 7) is 2.13. The Labute approximate surface area is 102 Å². The summed E-state index contributed by atoms with van der Waals surface area (Å²) in [5.41, 5.74) is 2.64. The van der Waals surface area contributed by atoms with Gasteiger partial charge in [-0.2, -0.15) is 0 Å². The molecular formula is C15H19NO. The fourth-order valence-electron chi connectivity index (χ4n) is 2.94. The number of rotatable bonds is 1. The van der Waals surface area contributed by atoms with E-state index in [0.717, 1.165) is 25.7 Å². The van der Waals surface area contributed by atoms with Gasteiger partial charge in [0.2, 0.25) is 0 Å². The molecule has 2 aromatic rings. The molecule has 1 fully saturated rings. The lowest BCUT2D eigenvalue weighted by Gasteiger charge is -2.27. The van der Waals surface area contributed by atoms with Crippen molar-refractivity contribution in [3.8, 4) is 0 Å². The number of aromatic nitrogens is 1. The van der Waals surface area contributed by atoms with E-state index in [2.05, 4.69) is 42.0 Å². The van der Waals surface area contributed by atoms with Crippen LogP contribution >= 0.6 is 0 Å². The molecular weight excluding hydrogens is 210 g/mol. The maximum Gasteiger partial charge on any atom is 0.0541 e. The molecule has 0 atom stereocenters. The minimum absolute atomic E-state index is 0.0738. The molecule has 0 aliphatic heterocycles. The van der Waals surface area contributed by atoms with Gasteiger partial charge in [0.25, 0.3) is 0 Å². The second-order valence-corrected chi connectivity index (χ2v) is 5.25. The second-order valence-electron chi connectivity index (χ2n) is 5.25. The highest BCUT2D eigenvalue weighted by Crippen LogP contribution is 2.31. The van der Waals surface area contributed by atoms with E-state index in [1.54, 1.807) is 0 Å². The summed E-state index contributed by atoms with van der Waals surface area (Å²) in [5, 5.41) is 10.9. The highest BCUT2D eigenvalue weighted by atomic mass is 16.3. The SMILES string of the molecule is Cc1ccc2c(ccn2C2CCC(O)CC2)c1. The predicted molar refractivity (Wildman–Crippen MR) is 70.2 cm³/mol. The number of hydrogen-bond donors (Lipinski definition) is 1. The molecule has 3 rings (SSSR count). The Bertz CT molecular complexity index is 521. The Balaban J connectivity index is 1.95. The van der Waals surface area contributed by atoms with Crippen LogP contribution in [0.5, 0.6) is 0 Å². The molecule has 1 aliphatic rings. The lowest BCUT2D eigenvalue weighted by atomic mass is 9.93. The number of benzene rings is 1. The van der Waals surface area contributed by atoms with Crippen molar-refractivity contribution in [1.82, 2.24) is 4.57 Å². The first-order chi connectivity index (χ1) is 8.24. The second kappa shape index (κ2) is 4.19. The molecule has 2 nitrogen and oxygen atoms in total. The zero-order valence-electron chi connectivity index (χ0n) is 10.3. The molecule has 1 aliphatic carbocycles. The minimum Gasteiger partial charge on any atom is -0.393 e.